The number of benzene rings is 1. The first-order chi connectivity index (χ1) is 12.4. The Balaban J connectivity index is 1.95. The summed E-state index contributed by atoms with van der Waals surface area (Å²) in [6, 6.07) is 8.58. The molecule has 0 saturated carbocycles. The van der Waals surface area contributed by atoms with Gasteiger partial charge in [0.1, 0.15) is 5.75 Å². The van der Waals surface area contributed by atoms with Crippen molar-refractivity contribution < 1.29 is 4.74 Å². The van der Waals surface area contributed by atoms with Gasteiger partial charge >= 0.3 is 0 Å². The Labute approximate surface area is 156 Å². The molecule has 1 nitrogen and oxygen atoms in total. The largest absolute Gasteiger partial charge is 0.493 e. The summed E-state index contributed by atoms with van der Waals surface area (Å²) in [6.07, 6.45) is 20.9. The Morgan fingerprint density at radius 3 is 2.04 bits per heavy atom. The summed E-state index contributed by atoms with van der Waals surface area (Å²) < 4.78 is 5.73. The predicted octanol–water partition coefficient (Wildman–Crippen LogP) is 7.89. The molecule has 1 heteroatoms. The van der Waals surface area contributed by atoms with Crippen molar-refractivity contribution in [3.63, 3.8) is 0 Å². The van der Waals surface area contributed by atoms with Crippen LogP contribution < -0.4 is 4.74 Å². The minimum absolute atomic E-state index is 0.728. The van der Waals surface area contributed by atoms with Gasteiger partial charge in [0.2, 0.25) is 0 Å². The van der Waals surface area contributed by atoms with Crippen LogP contribution in [0.3, 0.4) is 0 Å². The molecule has 0 aromatic heterocycles. The van der Waals surface area contributed by atoms with Crippen molar-refractivity contribution in [1.29, 1.82) is 0 Å². The molecule has 0 atom stereocenters. The third-order valence-electron chi connectivity index (χ3n) is 4.81. The van der Waals surface area contributed by atoms with E-state index < -0.39 is 0 Å². The Morgan fingerprint density at radius 1 is 0.840 bits per heavy atom. The molecule has 0 radical (unpaired) electrons. The molecule has 1 aromatic rings. The van der Waals surface area contributed by atoms with E-state index in [1.807, 2.05) is 6.08 Å². The molecular formula is C24H40O. The van der Waals surface area contributed by atoms with Gasteiger partial charge in [0.15, 0.2) is 0 Å². The average Bonchev–Trinajstić information content (AvgIpc) is 2.63. The highest BCUT2D eigenvalue weighted by Crippen LogP contribution is 2.17. The normalized spacial score (nSPS) is 10.8. The van der Waals surface area contributed by atoms with Gasteiger partial charge in [0.05, 0.1) is 6.61 Å². The van der Waals surface area contributed by atoms with Gasteiger partial charge in [-0.25, -0.2) is 0 Å². The summed E-state index contributed by atoms with van der Waals surface area (Å²) in [7, 11) is 0. The van der Waals surface area contributed by atoms with Gasteiger partial charge in [-0.3, -0.25) is 0 Å². The summed E-state index contributed by atoms with van der Waals surface area (Å²) in [4.78, 5) is 0. The minimum atomic E-state index is 0.728. The molecule has 0 N–H and O–H groups in total. The maximum absolute atomic E-state index is 5.73. The lowest BCUT2D eigenvalue weighted by Crippen LogP contribution is -1.96. The Hall–Kier alpha value is -1.24. The second kappa shape index (κ2) is 16.2. The first kappa shape index (κ1) is 21.8. The summed E-state index contributed by atoms with van der Waals surface area (Å²) in [5.41, 5.74) is 1.41. The molecule has 0 fully saturated rings. The lowest BCUT2D eigenvalue weighted by molar-refractivity contribution is 0.324. The number of hydrogen-bond donors (Lipinski definition) is 0. The second-order valence-corrected chi connectivity index (χ2v) is 7.21. The topological polar surface area (TPSA) is 9.23 Å². The molecule has 142 valence electrons. The molecule has 0 spiro atoms. The van der Waals surface area contributed by atoms with Gasteiger partial charge in [-0.15, -0.1) is 6.58 Å². The number of ether oxygens (including phenoxy) is 1. The van der Waals surface area contributed by atoms with Gasteiger partial charge in [0, 0.05) is 0 Å². The second-order valence-electron chi connectivity index (χ2n) is 7.21. The zero-order valence-electron chi connectivity index (χ0n) is 16.6. The summed E-state index contributed by atoms with van der Waals surface area (Å²) in [5, 5.41) is 0. The van der Waals surface area contributed by atoms with E-state index in [1.165, 1.54) is 89.0 Å². The number of unbranched alkanes of at least 4 members (excludes halogenated alkanes) is 11. The highest BCUT2D eigenvalue weighted by atomic mass is 16.5. The van der Waals surface area contributed by atoms with Crippen molar-refractivity contribution in [2.45, 2.75) is 96.8 Å². The predicted molar refractivity (Wildman–Crippen MR) is 112 cm³/mol. The van der Waals surface area contributed by atoms with Crippen LogP contribution in [0.25, 0.3) is 0 Å². The van der Waals surface area contributed by atoms with E-state index in [1.54, 1.807) is 0 Å². The van der Waals surface area contributed by atoms with Crippen molar-refractivity contribution in [1.82, 2.24) is 0 Å². The highest BCUT2D eigenvalue weighted by molar-refractivity contribution is 5.28. The van der Waals surface area contributed by atoms with Crippen LogP contribution in [0.4, 0.5) is 0 Å². The average molecular weight is 345 g/mol. The van der Waals surface area contributed by atoms with Crippen molar-refractivity contribution in [3.05, 3.63) is 42.5 Å². The zero-order chi connectivity index (χ0) is 18.0. The molecule has 1 aromatic carbocycles. The Morgan fingerprint density at radius 2 is 1.44 bits per heavy atom. The molecule has 0 aliphatic rings. The molecule has 0 unspecified atom stereocenters. The number of aryl methyl sites for hydroxylation is 1. The molecule has 0 heterocycles. The third kappa shape index (κ3) is 12.7. The Bertz CT molecular complexity index is 424. The van der Waals surface area contributed by atoms with E-state index >= 15 is 0 Å². The minimum Gasteiger partial charge on any atom is -0.493 e. The van der Waals surface area contributed by atoms with E-state index in [0.29, 0.717) is 0 Å². The van der Waals surface area contributed by atoms with Crippen LogP contribution in [-0.2, 0) is 6.42 Å². The number of hydrogen-bond acceptors (Lipinski definition) is 1. The SMILES string of the molecule is C=CCCOc1cccc(CCCCCCCCCCCCCC)c1. The monoisotopic (exact) mass is 344 g/mol. The van der Waals surface area contributed by atoms with E-state index in [2.05, 4.69) is 37.8 Å². The van der Waals surface area contributed by atoms with Gasteiger partial charge in [0.25, 0.3) is 0 Å². The van der Waals surface area contributed by atoms with Gasteiger partial charge in [-0.05, 0) is 37.0 Å². The molecule has 0 amide bonds. The fourth-order valence-electron chi connectivity index (χ4n) is 3.22. The van der Waals surface area contributed by atoms with Crippen molar-refractivity contribution in [2.24, 2.45) is 0 Å². The lowest BCUT2D eigenvalue weighted by atomic mass is 10.0. The van der Waals surface area contributed by atoms with E-state index in [0.717, 1.165) is 18.8 Å². The fraction of sp³-hybridized carbons (Fsp3) is 0.667. The molecule has 1 rings (SSSR count). The van der Waals surface area contributed by atoms with Crippen LogP contribution in [0.5, 0.6) is 5.75 Å². The van der Waals surface area contributed by atoms with Crippen molar-refractivity contribution in [3.8, 4) is 5.75 Å². The van der Waals surface area contributed by atoms with Gasteiger partial charge < -0.3 is 4.74 Å². The first-order valence-corrected chi connectivity index (χ1v) is 10.7. The molecule has 0 aliphatic heterocycles. The maximum Gasteiger partial charge on any atom is 0.119 e. The van der Waals surface area contributed by atoms with E-state index in [-0.39, 0.29) is 0 Å². The third-order valence-corrected chi connectivity index (χ3v) is 4.81. The summed E-state index contributed by atoms with van der Waals surface area (Å²) in [6.45, 7) is 6.74. The summed E-state index contributed by atoms with van der Waals surface area (Å²) in [5.74, 6) is 0.998. The zero-order valence-corrected chi connectivity index (χ0v) is 16.6. The lowest BCUT2D eigenvalue weighted by Gasteiger charge is -2.07. The molecule has 0 aliphatic carbocycles. The standard InChI is InChI=1S/C24H40O/c1-3-5-7-8-9-10-11-12-13-14-15-16-18-23-19-17-20-24(22-23)25-21-6-4-2/h4,17,19-20,22H,2-3,5-16,18,21H2,1H3. The molecule has 25 heavy (non-hydrogen) atoms. The number of rotatable bonds is 17. The van der Waals surface area contributed by atoms with Crippen LogP contribution in [0.15, 0.2) is 36.9 Å². The van der Waals surface area contributed by atoms with Crippen LogP contribution in [0.1, 0.15) is 96.0 Å². The van der Waals surface area contributed by atoms with Crippen molar-refractivity contribution in [2.75, 3.05) is 6.61 Å². The van der Waals surface area contributed by atoms with Crippen LogP contribution in [-0.4, -0.2) is 6.61 Å². The fourth-order valence-corrected chi connectivity index (χ4v) is 3.22. The summed E-state index contributed by atoms with van der Waals surface area (Å²) >= 11 is 0. The smallest absolute Gasteiger partial charge is 0.119 e. The van der Waals surface area contributed by atoms with Gasteiger partial charge in [-0.1, -0.05) is 95.8 Å². The molecular weight excluding hydrogens is 304 g/mol. The van der Waals surface area contributed by atoms with E-state index in [4.69, 9.17) is 4.74 Å². The Kier molecular flexibility index (Phi) is 14.2. The first-order valence-electron chi connectivity index (χ1n) is 10.7. The molecule has 0 bridgehead atoms. The van der Waals surface area contributed by atoms with Crippen LogP contribution in [0.2, 0.25) is 0 Å². The van der Waals surface area contributed by atoms with Crippen LogP contribution in [0, 0.1) is 0 Å². The highest BCUT2D eigenvalue weighted by Gasteiger charge is 1.98. The quantitative estimate of drug-likeness (QED) is 0.206. The van der Waals surface area contributed by atoms with Crippen LogP contribution >= 0.6 is 0 Å². The molecule has 0 saturated heterocycles. The maximum atomic E-state index is 5.73. The van der Waals surface area contributed by atoms with Crippen molar-refractivity contribution >= 4 is 0 Å². The van der Waals surface area contributed by atoms with Gasteiger partial charge in [-0.2, -0.15) is 0 Å². The van der Waals surface area contributed by atoms with E-state index in [9.17, 15) is 0 Å².